The highest BCUT2D eigenvalue weighted by molar-refractivity contribution is 6.04. The second-order valence-corrected chi connectivity index (χ2v) is 6.17. The Bertz CT molecular complexity index is 846. The fourth-order valence-electron chi connectivity index (χ4n) is 2.92. The van der Waals surface area contributed by atoms with E-state index in [4.69, 9.17) is 4.74 Å². The van der Waals surface area contributed by atoms with E-state index in [9.17, 15) is 9.59 Å². The zero-order valence-electron chi connectivity index (χ0n) is 13.6. The number of rotatable bonds is 2. The summed E-state index contributed by atoms with van der Waals surface area (Å²) in [5.41, 5.74) is 1.63. The first-order valence-electron chi connectivity index (χ1n) is 8.03. The van der Waals surface area contributed by atoms with Crippen LogP contribution in [0.25, 0.3) is 0 Å². The van der Waals surface area contributed by atoms with Crippen molar-refractivity contribution in [2.75, 3.05) is 34.4 Å². The molecule has 4 N–H and O–H groups in total. The first kappa shape index (κ1) is 15.3. The first-order valence-corrected chi connectivity index (χ1v) is 8.03. The molecular weight excluding hydrogens is 324 g/mol. The Morgan fingerprint density at radius 2 is 2.20 bits per heavy atom. The number of carbonyl (C=O) groups excluding carboxylic acids is 2. The summed E-state index contributed by atoms with van der Waals surface area (Å²) < 4.78 is 7.26. The van der Waals surface area contributed by atoms with Gasteiger partial charge in [-0.2, -0.15) is 5.10 Å². The molecule has 9 heteroatoms. The van der Waals surface area contributed by atoms with E-state index in [-0.39, 0.29) is 12.5 Å². The van der Waals surface area contributed by atoms with Crippen LogP contribution in [0, 0.1) is 5.92 Å². The third-order valence-electron chi connectivity index (χ3n) is 4.08. The van der Waals surface area contributed by atoms with E-state index in [1.54, 1.807) is 24.4 Å². The molecule has 2 aliphatic rings. The maximum Gasteiger partial charge on any atom is 0.323 e. The molecule has 2 aliphatic heterocycles. The highest BCUT2D eigenvalue weighted by Crippen LogP contribution is 2.35. The lowest BCUT2D eigenvalue weighted by molar-refractivity contribution is -0.118. The van der Waals surface area contributed by atoms with E-state index in [1.807, 2.05) is 4.68 Å². The third-order valence-corrected chi connectivity index (χ3v) is 4.08. The van der Waals surface area contributed by atoms with Crippen molar-refractivity contribution < 1.29 is 14.3 Å². The van der Waals surface area contributed by atoms with E-state index >= 15 is 0 Å². The molecule has 0 bridgehead atoms. The largest absolute Gasteiger partial charge is 0.479 e. The first-order chi connectivity index (χ1) is 12.1. The molecular formula is C16H18N6O3. The summed E-state index contributed by atoms with van der Waals surface area (Å²) in [7, 11) is 0. The third kappa shape index (κ3) is 2.95. The molecule has 1 aromatic heterocycles. The van der Waals surface area contributed by atoms with Gasteiger partial charge in [-0.3, -0.25) is 4.79 Å². The molecule has 0 saturated carbocycles. The maximum atomic E-state index is 12.4. The smallest absolute Gasteiger partial charge is 0.323 e. The molecule has 0 saturated heterocycles. The van der Waals surface area contributed by atoms with Crippen molar-refractivity contribution in [1.29, 1.82) is 0 Å². The molecule has 2 aromatic rings. The number of amides is 3. The predicted molar refractivity (Wildman–Crippen MR) is 93.1 cm³/mol. The van der Waals surface area contributed by atoms with Gasteiger partial charge in [0.05, 0.1) is 17.6 Å². The zero-order chi connectivity index (χ0) is 17.4. The topological polar surface area (TPSA) is 109 Å². The molecule has 1 unspecified atom stereocenters. The van der Waals surface area contributed by atoms with Gasteiger partial charge in [0.25, 0.3) is 5.91 Å². The standard InChI is InChI=1S/C16H18N6O3/c1-9-5-17-15-12(6-18-22(15)7-9)21-16(24)20-11-4-2-3-10-14(11)25-8-13(23)19-10/h2-4,6,9,17H,5,7-8H2,1H3,(H,19,23)(H2,20,21,24). The molecule has 0 spiro atoms. The number of nitrogens with zero attached hydrogens (tertiary/aromatic N) is 2. The van der Waals surface area contributed by atoms with E-state index in [0.717, 1.165) is 18.9 Å². The van der Waals surface area contributed by atoms with Crippen molar-refractivity contribution in [3.8, 4) is 5.75 Å². The lowest BCUT2D eigenvalue weighted by atomic mass is 10.1. The van der Waals surface area contributed by atoms with Crippen molar-refractivity contribution >= 4 is 34.8 Å². The summed E-state index contributed by atoms with van der Waals surface area (Å²) in [6, 6.07) is 4.75. The summed E-state index contributed by atoms with van der Waals surface area (Å²) in [6.07, 6.45) is 1.62. The van der Waals surface area contributed by atoms with Gasteiger partial charge in [-0.15, -0.1) is 0 Å². The van der Waals surface area contributed by atoms with Crippen LogP contribution < -0.4 is 26.0 Å². The Balaban J connectivity index is 1.49. The van der Waals surface area contributed by atoms with Crippen LogP contribution in [-0.4, -0.2) is 34.9 Å². The predicted octanol–water partition coefficient (Wildman–Crippen LogP) is 1.92. The van der Waals surface area contributed by atoms with E-state index < -0.39 is 6.03 Å². The monoisotopic (exact) mass is 342 g/mol. The number of benzene rings is 1. The van der Waals surface area contributed by atoms with Crippen LogP contribution in [0.4, 0.5) is 27.7 Å². The summed E-state index contributed by atoms with van der Waals surface area (Å²) in [4.78, 5) is 23.7. The highest BCUT2D eigenvalue weighted by atomic mass is 16.5. The minimum atomic E-state index is -0.412. The van der Waals surface area contributed by atoms with Crippen molar-refractivity contribution in [2.24, 2.45) is 5.92 Å². The summed E-state index contributed by atoms with van der Waals surface area (Å²) in [5, 5.41) is 15.8. The van der Waals surface area contributed by atoms with Crippen LogP contribution in [0.15, 0.2) is 24.4 Å². The molecule has 0 radical (unpaired) electrons. The summed E-state index contributed by atoms with van der Waals surface area (Å²) in [6.45, 7) is 3.70. The molecule has 9 nitrogen and oxygen atoms in total. The molecule has 0 aliphatic carbocycles. The SMILES string of the molecule is CC1CNc2c(NC(=O)Nc3cccc4c3OCC(=O)N4)cnn2C1. The van der Waals surface area contributed by atoms with Crippen LogP contribution >= 0.6 is 0 Å². The van der Waals surface area contributed by atoms with Crippen LogP contribution in [0.3, 0.4) is 0 Å². The van der Waals surface area contributed by atoms with Gasteiger partial charge >= 0.3 is 6.03 Å². The molecule has 1 aromatic carbocycles. The van der Waals surface area contributed by atoms with Gasteiger partial charge in [-0.1, -0.05) is 13.0 Å². The van der Waals surface area contributed by atoms with Crippen LogP contribution in [0.2, 0.25) is 0 Å². The van der Waals surface area contributed by atoms with E-state index in [2.05, 4.69) is 33.3 Å². The zero-order valence-corrected chi connectivity index (χ0v) is 13.6. The average Bonchev–Trinajstić information content (AvgIpc) is 2.96. The number of para-hydroxylation sites is 1. The van der Waals surface area contributed by atoms with Gasteiger partial charge in [0.15, 0.2) is 12.4 Å². The Hall–Kier alpha value is -3.23. The quantitative estimate of drug-likeness (QED) is 0.667. The van der Waals surface area contributed by atoms with Crippen LogP contribution in [0.5, 0.6) is 5.75 Å². The van der Waals surface area contributed by atoms with Crippen LogP contribution in [0.1, 0.15) is 6.92 Å². The molecule has 3 heterocycles. The summed E-state index contributed by atoms with van der Waals surface area (Å²) in [5.74, 6) is 1.51. The van der Waals surface area contributed by atoms with E-state index in [1.165, 1.54) is 0 Å². The minimum absolute atomic E-state index is 0.0770. The number of hydrogen-bond donors (Lipinski definition) is 4. The van der Waals surface area contributed by atoms with Gasteiger partial charge < -0.3 is 26.0 Å². The number of aromatic nitrogens is 2. The number of urea groups is 1. The second-order valence-electron chi connectivity index (χ2n) is 6.17. The Kier molecular flexibility index (Phi) is 3.68. The number of ether oxygens (including phenoxy) is 1. The number of nitrogens with one attached hydrogen (secondary N) is 4. The van der Waals surface area contributed by atoms with Crippen molar-refractivity contribution in [2.45, 2.75) is 13.5 Å². The van der Waals surface area contributed by atoms with Gasteiger partial charge in [0.2, 0.25) is 0 Å². The van der Waals surface area contributed by atoms with Crippen molar-refractivity contribution in [3.05, 3.63) is 24.4 Å². The van der Waals surface area contributed by atoms with Gasteiger partial charge in [-0.05, 0) is 18.1 Å². The Labute approximate surface area is 143 Å². The van der Waals surface area contributed by atoms with Crippen molar-refractivity contribution in [1.82, 2.24) is 9.78 Å². The number of hydrogen-bond acceptors (Lipinski definition) is 5. The average molecular weight is 342 g/mol. The molecule has 0 fully saturated rings. The fraction of sp³-hybridized carbons (Fsp3) is 0.312. The molecule has 1 atom stereocenters. The summed E-state index contributed by atoms with van der Waals surface area (Å²) >= 11 is 0. The van der Waals surface area contributed by atoms with Crippen molar-refractivity contribution in [3.63, 3.8) is 0 Å². The molecule has 3 amide bonds. The molecule has 4 rings (SSSR count). The maximum absolute atomic E-state index is 12.4. The number of fused-ring (bicyclic) bond motifs is 2. The van der Waals surface area contributed by atoms with E-state index in [0.29, 0.717) is 28.7 Å². The van der Waals surface area contributed by atoms with Gasteiger partial charge in [0.1, 0.15) is 11.5 Å². The number of carbonyl (C=O) groups is 2. The van der Waals surface area contributed by atoms with Gasteiger partial charge in [0, 0.05) is 13.1 Å². The highest BCUT2D eigenvalue weighted by Gasteiger charge is 2.22. The van der Waals surface area contributed by atoms with Crippen LogP contribution in [-0.2, 0) is 11.3 Å². The molecule has 130 valence electrons. The van der Waals surface area contributed by atoms with Gasteiger partial charge in [-0.25, -0.2) is 9.48 Å². The number of anilines is 4. The minimum Gasteiger partial charge on any atom is -0.479 e. The second kappa shape index (κ2) is 6.00. The Morgan fingerprint density at radius 1 is 1.36 bits per heavy atom. The fourth-order valence-corrected chi connectivity index (χ4v) is 2.92. The normalized spacial score (nSPS) is 18.1. The lowest BCUT2D eigenvalue weighted by Crippen LogP contribution is -2.28. The lowest BCUT2D eigenvalue weighted by Gasteiger charge is -2.23. The Morgan fingerprint density at radius 3 is 3.08 bits per heavy atom. The molecule has 25 heavy (non-hydrogen) atoms.